The second kappa shape index (κ2) is 6.75. The Morgan fingerprint density at radius 2 is 2.24 bits per heavy atom. The van der Waals surface area contributed by atoms with Gasteiger partial charge in [0.05, 0.1) is 12.2 Å². The lowest BCUT2D eigenvalue weighted by molar-refractivity contribution is 0.591. The molecule has 0 aliphatic heterocycles. The summed E-state index contributed by atoms with van der Waals surface area (Å²) >= 11 is 2.00. The molecule has 0 fully saturated rings. The van der Waals surface area contributed by atoms with Crippen LogP contribution in [-0.2, 0) is 19.4 Å². The topological polar surface area (TPSA) is 29.9 Å². The zero-order valence-corrected chi connectivity index (χ0v) is 13.9. The van der Waals surface area contributed by atoms with Gasteiger partial charge in [-0.05, 0) is 50.3 Å². The van der Waals surface area contributed by atoms with Crippen molar-refractivity contribution >= 4 is 11.3 Å². The summed E-state index contributed by atoms with van der Waals surface area (Å²) in [6.07, 6.45) is 10.4. The van der Waals surface area contributed by atoms with Crippen LogP contribution in [0.4, 0.5) is 0 Å². The van der Waals surface area contributed by atoms with Crippen LogP contribution in [0.3, 0.4) is 0 Å². The van der Waals surface area contributed by atoms with Crippen LogP contribution in [-0.4, -0.2) is 16.3 Å². The van der Waals surface area contributed by atoms with Crippen LogP contribution in [0.25, 0.3) is 0 Å². The Morgan fingerprint density at radius 1 is 1.33 bits per heavy atom. The van der Waals surface area contributed by atoms with Gasteiger partial charge in [-0.2, -0.15) is 5.10 Å². The fourth-order valence-electron chi connectivity index (χ4n) is 3.05. The quantitative estimate of drug-likeness (QED) is 0.840. The van der Waals surface area contributed by atoms with E-state index in [0.29, 0.717) is 6.04 Å². The smallest absolute Gasteiger partial charge is 0.0702 e. The zero-order chi connectivity index (χ0) is 14.7. The van der Waals surface area contributed by atoms with Crippen LogP contribution >= 0.6 is 11.3 Å². The fourth-order valence-corrected chi connectivity index (χ4v) is 4.41. The highest BCUT2D eigenvalue weighted by Gasteiger charge is 2.22. The lowest BCUT2D eigenvalue weighted by Crippen LogP contribution is -2.22. The van der Waals surface area contributed by atoms with Crippen molar-refractivity contribution in [2.75, 3.05) is 6.54 Å². The van der Waals surface area contributed by atoms with Crippen molar-refractivity contribution in [2.24, 2.45) is 0 Å². The minimum absolute atomic E-state index is 0.311. The Kier molecular flexibility index (Phi) is 4.76. The maximum Gasteiger partial charge on any atom is 0.0702 e. The Hall–Kier alpha value is -1.13. The van der Waals surface area contributed by atoms with E-state index in [1.54, 1.807) is 10.4 Å². The molecular formula is C17H25N3S. The number of rotatable bonds is 7. The predicted molar refractivity (Wildman–Crippen MR) is 89.0 cm³/mol. The van der Waals surface area contributed by atoms with E-state index >= 15 is 0 Å². The lowest BCUT2D eigenvalue weighted by atomic mass is 10.1. The maximum atomic E-state index is 4.51. The molecule has 0 spiro atoms. The standard InChI is InChI=1S/C17H25N3S/c1-3-8-18-17(14-11-19-20(12-14)9-4-2)16-10-13-6-5-7-15(13)21-16/h10-12,17-18H,3-9H2,1-2H3. The van der Waals surface area contributed by atoms with Gasteiger partial charge in [0.2, 0.25) is 0 Å². The van der Waals surface area contributed by atoms with Crippen LogP contribution in [0, 0.1) is 0 Å². The Labute approximate surface area is 131 Å². The van der Waals surface area contributed by atoms with Gasteiger partial charge in [0.1, 0.15) is 0 Å². The Morgan fingerprint density at radius 3 is 3.00 bits per heavy atom. The second-order valence-electron chi connectivity index (χ2n) is 5.87. The number of thiophene rings is 1. The van der Waals surface area contributed by atoms with Crippen molar-refractivity contribution in [2.45, 2.75) is 58.5 Å². The first-order valence-electron chi connectivity index (χ1n) is 8.19. The third-order valence-corrected chi connectivity index (χ3v) is 5.39. The third-order valence-electron chi connectivity index (χ3n) is 4.09. The largest absolute Gasteiger partial charge is 0.306 e. The first-order chi connectivity index (χ1) is 10.3. The lowest BCUT2D eigenvalue weighted by Gasteiger charge is -2.15. The summed E-state index contributed by atoms with van der Waals surface area (Å²) < 4.78 is 2.07. The number of fused-ring (bicyclic) bond motifs is 1. The molecule has 1 unspecified atom stereocenters. The van der Waals surface area contributed by atoms with Crippen LogP contribution in [0.1, 0.15) is 60.0 Å². The highest BCUT2D eigenvalue weighted by Crippen LogP contribution is 2.36. The molecule has 3 nitrogen and oxygen atoms in total. The first kappa shape index (κ1) is 14.8. The summed E-state index contributed by atoms with van der Waals surface area (Å²) in [6, 6.07) is 2.74. The molecule has 0 saturated heterocycles. The van der Waals surface area contributed by atoms with Gasteiger partial charge in [0.25, 0.3) is 0 Å². The summed E-state index contributed by atoms with van der Waals surface area (Å²) in [5.41, 5.74) is 2.89. The van der Waals surface area contributed by atoms with Gasteiger partial charge in [0, 0.05) is 28.1 Å². The molecule has 2 aromatic heterocycles. The van der Waals surface area contributed by atoms with Crippen LogP contribution in [0.2, 0.25) is 0 Å². The van der Waals surface area contributed by atoms with Gasteiger partial charge in [-0.25, -0.2) is 0 Å². The summed E-state index contributed by atoms with van der Waals surface area (Å²) in [6.45, 7) is 6.46. The maximum absolute atomic E-state index is 4.51. The van der Waals surface area contributed by atoms with E-state index in [2.05, 4.69) is 41.2 Å². The average Bonchev–Trinajstić information content (AvgIpc) is 3.15. The molecule has 3 rings (SSSR count). The molecule has 2 heterocycles. The summed E-state index contributed by atoms with van der Waals surface area (Å²) in [4.78, 5) is 3.07. The molecule has 114 valence electrons. The Bertz CT molecular complexity index is 563. The molecule has 1 N–H and O–H groups in total. The van der Waals surface area contributed by atoms with Crippen molar-refractivity contribution in [3.63, 3.8) is 0 Å². The molecule has 2 aromatic rings. The van der Waals surface area contributed by atoms with Crippen molar-refractivity contribution in [3.8, 4) is 0 Å². The monoisotopic (exact) mass is 303 g/mol. The molecule has 0 aromatic carbocycles. The number of nitrogens with one attached hydrogen (secondary N) is 1. The molecule has 0 radical (unpaired) electrons. The molecular weight excluding hydrogens is 278 g/mol. The van der Waals surface area contributed by atoms with Crippen LogP contribution in [0.15, 0.2) is 18.5 Å². The summed E-state index contributed by atoms with van der Waals surface area (Å²) in [5.74, 6) is 0. The number of aromatic nitrogens is 2. The number of aryl methyl sites for hydroxylation is 3. The molecule has 1 aliphatic rings. The van der Waals surface area contributed by atoms with Gasteiger partial charge >= 0.3 is 0 Å². The molecule has 21 heavy (non-hydrogen) atoms. The molecule has 1 atom stereocenters. The van der Waals surface area contributed by atoms with E-state index in [1.165, 1.54) is 29.7 Å². The molecule has 0 saturated carbocycles. The number of nitrogens with zero attached hydrogens (tertiary/aromatic N) is 2. The molecule has 0 bridgehead atoms. The van der Waals surface area contributed by atoms with Crippen molar-refractivity contribution in [3.05, 3.63) is 39.3 Å². The number of hydrogen-bond donors (Lipinski definition) is 1. The zero-order valence-electron chi connectivity index (χ0n) is 13.1. The summed E-state index contributed by atoms with van der Waals surface area (Å²) in [5, 5.41) is 8.21. The minimum Gasteiger partial charge on any atom is -0.306 e. The normalized spacial score (nSPS) is 15.3. The summed E-state index contributed by atoms with van der Waals surface area (Å²) in [7, 11) is 0. The van der Waals surface area contributed by atoms with Gasteiger partial charge in [-0.3, -0.25) is 4.68 Å². The SMILES string of the molecule is CCCNC(c1cnn(CCC)c1)c1cc2c(s1)CCC2. The molecule has 1 aliphatic carbocycles. The Balaban J connectivity index is 1.84. The van der Waals surface area contributed by atoms with Crippen LogP contribution < -0.4 is 5.32 Å². The van der Waals surface area contributed by atoms with E-state index in [1.807, 2.05) is 17.5 Å². The highest BCUT2D eigenvalue weighted by molar-refractivity contribution is 7.12. The molecule has 4 heteroatoms. The highest BCUT2D eigenvalue weighted by atomic mass is 32.1. The van der Waals surface area contributed by atoms with Crippen molar-refractivity contribution in [1.29, 1.82) is 0 Å². The minimum atomic E-state index is 0.311. The van der Waals surface area contributed by atoms with Crippen molar-refractivity contribution < 1.29 is 0 Å². The van der Waals surface area contributed by atoms with E-state index in [9.17, 15) is 0 Å². The second-order valence-corrected chi connectivity index (χ2v) is 7.04. The van der Waals surface area contributed by atoms with E-state index in [4.69, 9.17) is 0 Å². The average molecular weight is 303 g/mol. The van der Waals surface area contributed by atoms with Crippen LogP contribution in [0.5, 0.6) is 0 Å². The van der Waals surface area contributed by atoms with Crippen molar-refractivity contribution in [1.82, 2.24) is 15.1 Å². The third kappa shape index (κ3) is 3.22. The van der Waals surface area contributed by atoms with E-state index in [-0.39, 0.29) is 0 Å². The van der Waals surface area contributed by atoms with Gasteiger partial charge in [-0.15, -0.1) is 11.3 Å². The molecule has 0 amide bonds. The van der Waals surface area contributed by atoms with E-state index in [0.717, 1.165) is 25.9 Å². The van der Waals surface area contributed by atoms with Gasteiger partial charge in [-0.1, -0.05) is 13.8 Å². The van der Waals surface area contributed by atoms with Gasteiger partial charge < -0.3 is 5.32 Å². The number of hydrogen-bond acceptors (Lipinski definition) is 3. The fraction of sp³-hybridized carbons (Fsp3) is 0.588. The van der Waals surface area contributed by atoms with E-state index < -0.39 is 0 Å². The van der Waals surface area contributed by atoms with Gasteiger partial charge in [0.15, 0.2) is 0 Å². The predicted octanol–water partition coefficient (Wildman–Crippen LogP) is 3.93. The first-order valence-corrected chi connectivity index (χ1v) is 9.00.